The number of urea groups is 1. The molecule has 8 nitrogen and oxygen atoms in total. The number of anilines is 2. The molecule has 0 radical (unpaired) electrons. The largest absolute Gasteiger partial charge is 0.494 e. The van der Waals surface area contributed by atoms with Gasteiger partial charge < -0.3 is 25.1 Å². The van der Waals surface area contributed by atoms with Gasteiger partial charge in [0.15, 0.2) is 5.75 Å². The van der Waals surface area contributed by atoms with Gasteiger partial charge in [0.05, 0.1) is 41.0 Å². The number of carbonyl (C=O) groups excluding carboxylic acids is 1. The summed E-state index contributed by atoms with van der Waals surface area (Å²) in [6, 6.07) is 17.9. The molecular formula is C27H23N5O3. The number of aromatic amines is 1. The zero-order valence-corrected chi connectivity index (χ0v) is 19.5. The summed E-state index contributed by atoms with van der Waals surface area (Å²) in [5.41, 5.74) is 4.49. The summed E-state index contributed by atoms with van der Waals surface area (Å²) in [6.45, 7) is 3.95. The molecule has 5 rings (SSSR count). The highest BCUT2D eigenvalue weighted by molar-refractivity contribution is 6.02. The third kappa shape index (κ3) is 4.39. The van der Waals surface area contributed by atoms with Gasteiger partial charge in [-0.2, -0.15) is 5.26 Å². The van der Waals surface area contributed by atoms with Crippen LogP contribution in [-0.2, 0) is 0 Å². The molecule has 4 aromatic rings. The summed E-state index contributed by atoms with van der Waals surface area (Å²) < 4.78 is 11.6. The van der Waals surface area contributed by atoms with Gasteiger partial charge in [-0.15, -0.1) is 0 Å². The average Bonchev–Trinajstić information content (AvgIpc) is 3.27. The summed E-state index contributed by atoms with van der Waals surface area (Å²) in [5.74, 6) is 1.91. The molecule has 0 saturated heterocycles. The number of imidazole rings is 1. The van der Waals surface area contributed by atoms with Crippen molar-refractivity contribution in [3.63, 3.8) is 0 Å². The molecule has 8 heteroatoms. The highest BCUT2D eigenvalue weighted by Gasteiger charge is 2.25. The maximum atomic E-state index is 12.8. The number of nitrogens with zero attached hydrogens (tertiary/aromatic N) is 2. The first-order chi connectivity index (χ1) is 16.8. The summed E-state index contributed by atoms with van der Waals surface area (Å²) in [7, 11) is 1.56. The van der Waals surface area contributed by atoms with Crippen molar-refractivity contribution in [2.24, 2.45) is 0 Å². The van der Waals surface area contributed by atoms with Crippen LogP contribution >= 0.6 is 0 Å². The maximum Gasteiger partial charge on any atom is 0.323 e. The van der Waals surface area contributed by atoms with Crippen molar-refractivity contribution in [2.45, 2.75) is 19.4 Å². The quantitative estimate of drug-likeness (QED) is 0.345. The predicted octanol–water partition coefficient (Wildman–Crippen LogP) is 5.94. The zero-order valence-electron chi connectivity index (χ0n) is 19.5. The van der Waals surface area contributed by atoms with Crippen molar-refractivity contribution < 1.29 is 14.3 Å². The van der Waals surface area contributed by atoms with E-state index in [-0.39, 0.29) is 0 Å². The lowest BCUT2D eigenvalue weighted by Crippen LogP contribution is -2.27. The summed E-state index contributed by atoms with van der Waals surface area (Å²) >= 11 is 0. The van der Waals surface area contributed by atoms with Crippen molar-refractivity contribution in [1.82, 2.24) is 9.97 Å². The van der Waals surface area contributed by atoms with Crippen molar-refractivity contribution in [3.8, 4) is 29.0 Å². The molecule has 35 heavy (non-hydrogen) atoms. The number of amides is 2. The molecule has 174 valence electrons. The highest BCUT2D eigenvalue weighted by atomic mass is 16.5. The van der Waals surface area contributed by atoms with Crippen molar-refractivity contribution in [2.75, 3.05) is 17.7 Å². The van der Waals surface area contributed by atoms with Gasteiger partial charge >= 0.3 is 6.03 Å². The summed E-state index contributed by atoms with van der Waals surface area (Å²) in [5, 5.41) is 14.7. The van der Waals surface area contributed by atoms with Crippen LogP contribution in [0.5, 0.6) is 11.5 Å². The standard InChI is InChI=1S/C27H23N5O3/c1-27(2)13-12-19-23(35-27)11-10-21(24(19)34-3)32-26(33)29-18-8-9-20-22(14-18)31-25(30-20)17-6-4-16(15-28)5-7-17/h4-14H,1-3H3,(H,30,31)(H2,29,32,33). The van der Waals surface area contributed by atoms with E-state index in [0.29, 0.717) is 39.8 Å². The van der Waals surface area contributed by atoms with Crippen LogP contribution in [0.4, 0.5) is 16.2 Å². The van der Waals surface area contributed by atoms with Crippen LogP contribution in [0, 0.1) is 11.3 Å². The van der Waals surface area contributed by atoms with Crippen LogP contribution in [0.15, 0.2) is 60.7 Å². The first kappa shape index (κ1) is 22.0. The average molecular weight is 466 g/mol. The van der Waals surface area contributed by atoms with E-state index in [1.807, 2.05) is 50.3 Å². The molecule has 1 aliphatic heterocycles. The van der Waals surface area contributed by atoms with Crippen molar-refractivity contribution >= 4 is 34.5 Å². The van der Waals surface area contributed by atoms with E-state index in [9.17, 15) is 4.79 Å². The topological polar surface area (TPSA) is 112 Å². The molecule has 0 bridgehead atoms. The highest BCUT2D eigenvalue weighted by Crippen LogP contribution is 2.41. The molecule has 1 aromatic heterocycles. The second-order valence-corrected chi connectivity index (χ2v) is 8.68. The molecular weight excluding hydrogens is 442 g/mol. The first-order valence-corrected chi connectivity index (χ1v) is 11.0. The van der Waals surface area contributed by atoms with E-state index in [4.69, 9.17) is 14.7 Å². The predicted molar refractivity (Wildman–Crippen MR) is 136 cm³/mol. The van der Waals surface area contributed by atoms with Gasteiger partial charge in [-0.05, 0) is 80.6 Å². The smallest absolute Gasteiger partial charge is 0.323 e. The Bertz CT molecular complexity index is 1510. The minimum Gasteiger partial charge on any atom is -0.494 e. The molecule has 0 saturated carbocycles. The van der Waals surface area contributed by atoms with E-state index in [0.717, 1.165) is 16.6 Å². The fourth-order valence-corrected chi connectivity index (χ4v) is 3.96. The number of hydrogen-bond donors (Lipinski definition) is 3. The Balaban J connectivity index is 1.34. The fraction of sp³-hybridized carbons (Fsp3) is 0.148. The minimum absolute atomic E-state index is 0.408. The number of fused-ring (bicyclic) bond motifs is 2. The van der Waals surface area contributed by atoms with E-state index < -0.39 is 11.6 Å². The van der Waals surface area contributed by atoms with Gasteiger partial charge in [0.2, 0.25) is 0 Å². The molecule has 2 amide bonds. The second kappa shape index (κ2) is 8.54. The van der Waals surface area contributed by atoms with Gasteiger partial charge in [-0.1, -0.05) is 0 Å². The van der Waals surface area contributed by atoms with Gasteiger partial charge in [-0.25, -0.2) is 9.78 Å². The number of nitriles is 1. The van der Waals surface area contributed by atoms with Gasteiger partial charge in [-0.3, -0.25) is 0 Å². The molecule has 2 heterocycles. The minimum atomic E-state index is -0.411. The Morgan fingerprint density at radius 1 is 1.11 bits per heavy atom. The lowest BCUT2D eigenvalue weighted by Gasteiger charge is -2.29. The lowest BCUT2D eigenvalue weighted by atomic mass is 10.0. The van der Waals surface area contributed by atoms with Crippen molar-refractivity contribution in [3.05, 3.63) is 71.8 Å². The summed E-state index contributed by atoms with van der Waals surface area (Å²) in [4.78, 5) is 20.7. The van der Waals surface area contributed by atoms with Gasteiger partial charge in [0.25, 0.3) is 0 Å². The van der Waals surface area contributed by atoms with Crippen LogP contribution in [0.1, 0.15) is 25.0 Å². The Morgan fingerprint density at radius 2 is 1.91 bits per heavy atom. The molecule has 0 aliphatic carbocycles. The number of aromatic nitrogens is 2. The SMILES string of the molecule is COc1c(NC(=O)Nc2ccc3[nH]c(-c4ccc(C#N)cc4)nc3c2)ccc2c1C=CC(C)(C)O2. The molecule has 0 unspecified atom stereocenters. The normalized spacial score (nSPS) is 13.4. The maximum absolute atomic E-state index is 12.8. The Hall–Kier alpha value is -4.77. The Kier molecular flexibility index (Phi) is 5.38. The zero-order chi connectivity index (χ0) is 24.6. The number of benzene rings is 3. The number of ether oxygens (including phenoxy) is 2. The molecule has 0 spiro atoms. The third-order valence-electron chi connectivity index (χ3n) is 5.66. The van der Waals surface area contributed by atoms with E-state index in [1.54, 1.807) is 37.4 Å². The number of methoxy groups -OCH3 is 1. The van der Waals surface area contributed by atoms with E-state index >= 15 is 0 Å². The second-order valence-electron chi connectivity index (χ2n) is 8.68. The van der Waals surface area contributed by atoms with Gasteiger partial charge in [0, 0.05) is 11.3 Å². The molecule has 3 N–H and O–H groups in total. The Labute approximate surface area is 202 Å². The van der Waals surface area contributed by atoms with Crippen LogP contribution in [0.2, 0.25) is 0 Å². The van der Waals surface area contributed by atoms with E-state index in [2.05, 4.69) is 26.7 Å². The van der Waals surface area contributed by atoms with Crippen LogP contribution in [0.3, 0.4) is 0 Å². The number of hydrogen-bond acceptors (Lipinski definition) is 5. The van der Waals surface area contributed by atoms with Crippen LogP contribution in [-0.4, -0.2) is 28.7 Å². The van der Waals surface area contributed by atoms with Crippen LogP contribution in [0.25, 0.3) is 28.5 Å². The molecule has 0 fully saturated rings. The Morgan fingerprint density at radius 3 is 2.66 bits per heavy atom. The lowest BCUT2D eigenvalue weighted by molar-refractivity contribution is 0.158. The van der Waals surface area contributed by atoms with Gasteiger partial charge in [0.1, 0.15) is 17.2 Å². The molecule has 0 atom stereocenters. The third-order valence-corrected chi connectivity index (χ3v) is 5.66. The number of nitrogens with one attached hydrogen (secondary N) is 3. The molecule has 3 aromatic carbocycles. The summed E-state index contributed by atoms with van der Waals surface area (Å²) in [6.07, 6.45) is 3.89. The fourth-order valence-electron chi connectivity index (χ4n) is 3.96. The van der Waals surface area contributed by atoms with E-state index in [1.165, 1.54) is 0 Å². The van der Waals surface area contributed by atoms with Crippen LogP contribution < -0.4 is 20.1 Å². The number of carbonyl (C=O) groups is 1. The molecule has 1 aliphatic rings. The monoisotopic (exact) mass is 465 g/mol. The number of H-pyrrole nitrogens is 1. The first-order valence-electron chi connectivity index (χ1n) is 11.0. The van der Waals surface area contributed by atoms with Crippen molar-refractivity contribution in [1.29, 1.82) is 5.26 Å². The number of rotatable bonds is 4.